The number of ether oxygens (including phenoxy) is 2. The number of benzene rings is 1. The molecule has 0 heterocycles. The summed E-state index contributed by atoms with van der Waals surface area (Å²) in [5.41, 5.74) is -0.113. The standard InChI is InChI=1S/C11H15BF3O2.K/c1-3-16-6-7-17-11-5-4-10(8-9(11)2)12(13,14)15;/h4-5,8H,3,6-7H2,1-2H3;/q-1;+1. The van der Waals surface area contributed by atoms with Gasteiger partial charge in [0.05, 0.1) is 6.61 Å². The average molecular weight is 286 g/mol. The molecule has 0 aliphatic heterocycles. The molecule has 0 bridgehead atoms. The Morgan fingerprint density at radius 1 is 1.17 bits per heavy atom. The van der Waals surface area contributed by atoms with E-state index in [4.69, 9.17) is 9.47 Å². The summed E-state index contributed by atoms with van der Waals surface area (Å²) in [6.45, 7) is -0.111. The van der Waals surface area contributed by atoms with Gasteiger partial charge in [-0.15, -0.1) is 5.46 Å². The average Bonchev–Trinajstić information content (AvgIpc) is 2.24. The zero-order valence-electron chi connectivity index (χ0n) is 10.9. The predicted octanol–water partition coefficient (Wildman–Crippen LogP) is -0.531. The molecular weight excluding hydrogens is 271 g/mol. The molecule has 1 aromatic carbocycles. The minimum Gasteiger partial charge on any atom is -0.491 e. The number of halogens is 3. The Morgan fingerprint density at radius 2 is 1.83 bits per heavy atom. The molecule has 0 fully saturated rings. The zero-order valence-corrected chi connectivity index (χ0v) is 14.0. The van der Waals surface area contributed by atoms with Crippen LogP contribution in [0.2, 0.25) is 0 Å². The SMILES string of the molecule is CCOCCOc1ccc([B-](F)(F)F)cc1C.[K+]. The molecule has 0 radical (unpaired) electrons. The minimum atomic E-state index is -4.94. The Bertz CT molecular complexity index is 372. The van der Waals surface area contributed by atoms with Crippen LogP contribution >= 0.6 is 0 Å². The molecule has 0 saturated carbocycles. The van der Waals surface area contributed by atoms with Crippen molar-refractivity contribution in [2.75, 3.05) is 19.8 Å². The van der Waals surface area contributed by atoms with E-state index < -0.39 is 12.4 Å². The number of rotatable bonds is 6. The Hall–Kier alpha value is 0.471. The van der Waals surface area contributed by atoms with Crippen molar-refractivity contribution < 1.29 is 73.8 Å². The van der Waals surface area contributed by atoms with Crippen molar-refractivity contribution >= 4 is 12.4 Å². The minimum absolute atomic E-state index is 0. The van der Waals surface area contributed by atoms with E-state index in [2.05, 4.69) is 0 Å². The molecule has 0 N–H and O–H groups in total. The third kappa shape index (κ3) is 6.08. The maximum atomic E-state index is 12.5. The molecule has 0 aliphatic carbocycles. The summed E-state index contributed by atoms with van der Waals surface area (Å²) < 4.78 is 47.8. The van der Waals surface area contributed by atoms with Gasteiger partial charge in [-0.25, -0.2) is 0 Å². The van der Waals surface area contributed by atoms with Crippen molar-refractivity contribution in [1.29, 1.82) is 0 Å². The second-order valence-electron chi connectivity index (χ2n) is 3.65. The smallest absolute Gasteiger partial charge is 0.491 e. The summed E-state index contributed by atoms with van der Waals surface area (Å²) in [5.74, 6) is 0.466. The molecule has 0 amide bonds. The van der Waals surface area contributed by atoms with Gasteiger partial charge in [-0.05, 0) is 25.5 Å². The summed E-state index contributed by atoms with van der Waals surface area (Å²) in [7, 11) is 0. The second-order valence-corrected chi connectivity index (χ2v) is 3.65. The Labute approximate surface area is 148 Å². The predicted molar refractivity (Wildman–Crippen MR) is 61.9 cm³/mol. The van der Waals surface area contributed by atoms with Gasteiger partial charge in [-0.1, -0.05) is 12.1 Å². The summed E-state index contributed by atoms with van der Waals surface area (Å²) in [6.07, 6.45) is 0. The summed E-state index contributed by atoms with van der Waals surface area (Å²) in [6, 6.07) is 3.50. The molecule has 0 saturated heterocycles. The molecule has 0 unspecified atom stereocenters. The van der Waals surface area contributed by atoms with Crippen LogP contribution in [0.4, 0.5) is 12.9 Å². The van der Waals surface area contributed by atoms with E-state index in [0.29, 0.717) is 31.1 Å². The molecule has 0 atom stereocenters. The Morgan fingerprint density at radius 3 is 2.33 bits per heavy atom. The Kier molecular flexibility index (Phi) is 8.83. The van der Waals surface area contributed by atoms with E-state index in [0.717, 1.165) is 12.1 Å². The van der Waals surface area contributed by atoms with Crippen LogP contribution in [0.5, 0.6) is 5.75 Å². The number of aryl methyl sites for hydroxylation is 1. The zero-order chi connectivity index (χ0) is 12.9. The van der Waals surface area contributed by atoms with E-state index in [-0.39, 0.29) is 51.4 Å². The van der Waals surface area contributed by atoms with Crippen LogP contribution in [0.1, 0.15) is 12.5 Å². The van der Waals surface area contributed by atoms with Gasteiger partial charge >= 0.3 is 58.4 Å². The van der Waals surface area contributed by atoms with Gasteiger partial charge in [0.2, 0.25) is 0 Å². The van der Waals surface area contributed by atoms with Gasteiger partial charge in [0.25, 0.3) is 0 Å². The van der Waals surface area contributed by atoms with Crippen LogP contribution < -0.4 is 61.6 Å². The second kappa shape index (κ2) is 8.60. The van der Waals surface area contributed by atoms with Gasteiger partial charge in [-0.2, -0.15) is 0 Å². The van der Waals surface area contributed by atoms with Crippen molar-refractivity contribution in [2.24, 2.45) is 0 Å². The van der Waals surface area contributed by atoms with E-state index in [1.807, 2.05) is 6.92 Å². The molecule has 1 rings (SSSR count). The number of hydrogen-bond donors (Lipinski definition) is 0. The van der Waals surface area contributed by atoms with Crippen molar-refractivity contribution in [3.63, 3.8) is 0 Å². The normalized spacial score (nSPS) is 10.9. The van der Waals surface area contributed by atoms with Gasteiger partial charge in [0.1, 0.15) is 12.4 Å². The van der Waals surface area contributed by atoms with Gasteiger partial charge in [-0.3, -0.25) is 0 Å². The topological polar surface area (TPSA) is 18.5 Å². The van der Waals surface area contributed by atoms with Crippen LogP contribution in [0.3, 0.4) is 0 Å². The molecule has 96 valence electrons. The van der Waals surface area contributed by atoms with Crippen molar-refractivity contribution in [3.8, 4) is 5.75 Å². The molecule has 0 aliphatic rings. The Balaban J connectivity index is 0.00000289. The van der Waals surface area contributed by atoms with Crippen molar-refractivity contribution in [1.82, 2.24) is 0 Å². The summed E-state index contributed by atoms with van der Waals surface area (Å²) in [4.78, 5) is 0. The molecule has 1 aromatic rings. The molecule has 2 nitrogen and oxygen atoms in total. The van der Waals surface area contributed by atoms with Crippen molar-refractivity contribution in [3.05, 3.63) is 23.8 Å². The van der Waals surface area contributed by atoms with Crippen molar-refractivity contribution in [2.45, 2.75) is 13.8 Å². The maximum absolute atomic E-state index is 12.5. The first-order valence-corrected chi connectivity index (χ1v) is 5.46. The summed E-state index contributed by atoms with van der Waals surface area (Å²) >= 11 is 0. The van der Waals surface area contributed by atoms with E-state index >= 15 is 0 Å². The third-order valence-electron chi connectivity index (χ3n) is 2.27. The first-order valence-electron chi connectivity index (χ1n) is 5.46. The monoisotopic (exact) mass is 286 g/mol. The quantitative estimate of drug-likeness (QED) is 0.517. The van der Waals surface area contributed by atoms with Crippen LogP contribution in [-0.4, -0.2) is 26.8 Å². The fourth-order valence-electron chi connectivity index (χ4n) is 1.39. The van der Waals surface area contributed by atoms with E-state index in [9.17, 15) is 12.9 Å². The fourth-order valence-corrected chi connectivity index (χ4v) is 1.39. The largest absolute Gasteiger partial charge is 1.00 e. The van der Waals surface area contributed by atoms with Crippen LogP contribution in [-0.2, 0) is 4.74 Å². The molecular formula is C11H15BF3KO2. The fraction of sp³-hybridized carbons (Fsp3) is 0.455. The van der Waals surface area contributed by atoms with Crippen LogP contribution in [0, 0.1) is 6.92 Å². The molecule has 7 heteroatoms. The maximum Gasteiger partial charge on any atom is 1.00 e. The first kappa shape index (κ1) is 18.5. The molecule has 18 heavy (non-hydrogen) atoms. The third-order valence-corrected chi connectivity index (χ3v) is 2.27. The first-order chi connectivity index (χ1) is 7.95. The van der Waals surface area contributed by atoms with Crippen LogP contribution in [0.25, 0.3) is 0 Å². The number of hydrogen-bond acceptors (Lipinski definition) is 2. The van der Waals surface area contributed by atoms with E-state index in [1.165, 1.54) is 6.07 Å². The molecule has 0 spiro atoms. The summed E-state index contributed by atoms with van der Waals surface area (Å²) in [5, 5.41) is 0. The van der Waals surface area contributed by atoms with Gasteiger partial charge < -0.3 is 22.4 Å². The van der Waals surface area contributed by atoms with Gasteiger partial charge in [0.15, 0.2) is 0 Å². The molecule has 0 aromatic heterocycles. The van der Waals surface area contributed by atoms with E-state index in [1.54, 1.807) is 6.92 Å². The van der Waals surface area contributed by atoms with Gasteiger partial charge in [0, 0.05) is 6.61 Å². The van der Waals surface area contributed by atoms with Crippen LogP contribution in [0.15, 0.2) is 18.2 Å².